The van der Waals surface area contributed by atoms with Crippen LogP contribution in [0.25, 0.3) is 0 Å². The number of hydrogen-bond acceptors (Lipinski definition) is 4. The lowest BCUT2D eigenvalue weighted by molar-refractivity contribution is 0.579. The first-order valence-corrected chi connectivity index (χ1v) is 7.62. The number of anilines is 1. The first-order valence-electron chi connectivity index (χ1n) is 7.62. The zero-order valence-electron chi connectivity index (χ0n) is 12.1. The van der Waals surface area contributed by atoms with Gasteiger partial charge in [0.2, 0.25) is 0 Å². The van der Waals surface area contributed by atoms with Gasteiger partial charge in [0.1, 0.15) is 11.9 Å². The van der Waals surface area contributed by atoms with Crippen molar-refractivity contribution >= 4 is 5.82 Å². The van der Waals surface area contributed by atoms with Gasteiger partial charge in [0.05, 0.1) is 5.56 Å². The number of nitrogens with zero attached hydrogens (tertiary/aromatic N) is 3. The van der Waals surface area contributed by atoms with Crippen molar-refractivity contribution in [3.05, 3.63) is 22.9 Å². The van der Waals surface area contributed by atoms with Gasteiger partial charge in [0, 0.05) is 18.3 Å². The molecule has 1 aliphatic heterocycles. The Labute approximate surface area is 120 Å². The number of nitrogens with two attached hydrogens (primary N) is 1. The van der Waals surface area contributed by atoms with E-state index in [1.54, 1.807) is 0 Å². The Morgan fingerprint density at radius 3 is 2.95 bits per heavy atom. The van der Waals surface area contributed by atoms with Crippen LogP contribution < -0.4 is 10.6 Å². The summed E-state index contributed by atoms with van der Waals surface area (Å²) in [6.07, 6.45) is 5.65. The molecule has 0 amide bonds. The minimum absolute atomic E-state index is 0.421. The zero-order chi connectivity index (χ0) is 14.1. The molecule has 1 fully saturated rings. The highest BCUT2D eigenvalue weighted by atomic mass is 15.2. The fourth-order valence-corrected chi connectivity index (χ4v) is 3.53. The summed E-state index contributed by atoms with van der Waals surface area (Å²) in [5.41, 5.74) is 9.02. The van der Waals surface area contributed by atoms with Gasteiger partial charge in [-0.25, -0.2) is 4.98 Å². The van der Waals surface area contributed by atoms with E-state index in [9.17, 15) is 5.26 Å². The largest absolute Gasteiger partial charge is 0.352 e. The van der Waals surface area contributed by atoms with Crippen LogP contribution >= 0.6 is 0 Å². The second kappa shape index (κ2) is 5.41. The van der Waals surface area contributed by atoms with Crippen LogP contribution in [0, 0.1) is 17.2 Å². The summed E-state index contributed by atoms with van der Waals surface area (Å²) in [5, 5.41) is 9.45. The number of fused-ring (bicyclic) bond motifs is 1. The molecule has 106 valence electrons. The molecule has 2 N–H and O–H groups in total. The molecule has 0 bridgehead atoms. The Morgan fingerprint density at radius 1 is 1.45 bits per heavy atom. The third-order valence-corrected chi connectivity index (χ3v) is 4.67. The lowest BCUT2D eigenvalue weighted by atomic mass is 9.95. The first-order chi connectivity index (χ1) is 9.72. The van der Waals surface area contributed by atoms with Crippen LogP contribution in [0.5, 0.6) is 0 Å². The molecule has 1 aromatic rings. The summed E-state index contributed by atoms with van der Waals surface area (Å²) in [4.78, 5) is 7.13. The fourth-order valence-electron chi connectivity index (χ4n) is 3.53. The van der Waals surface area contributed by atoms with Crippen LogP contribution in [0.3, 0.4) is 0 Å². The SMILES string of the molecule is CC1CC(CN)CN1c1nc2c(cc1C#N)CCCC2. The van der Waals surface area contributed by atoms with Crippen LogP contribution in [0.1, 0.15) is 43.0 Å². The maximum atomic E-state index is 9.45. The van der Waals surface area contributed by atoms with E-state index in [2.05, 4.69) is 24.0 Å². The zero-order valence-corrected chi connectivity index (χ0v) is 12.1. The molecule has 1 aromatic heterocycles. The van der Waals surface area contributed by atoms with Crippen molar-refractivity contribution in [2.24, 2.45) is 11.7 Å². The highest BCUT2D eigenvalue weighted by Gasteiger charge is 2.31. The van der Waals surface area contributed by atoms with Gasteiger partial charge in [-0.1, -0.05) is 0 Å². The molecule has 0 radical (unpaired) electrons. The smallest absolute Gasteiger partial charge is 0.147 e. The van der Waals surface area contributed by atoms with Crippen LogP contribution in [0.2, 0.25) is 0 Å². The monoisotopic (exact) mass is 270 g/mol. The molecule has 1 saturated heterocycles. The average Bonchev–Trinajstić information content (AvgIpc) is 2.86. The van der Waals surface area contributed by atoms with Gasteiger partial charge in [-0.3, -0.25) is 0 Å². The van der Waals surface area contributed by atoms with Crippen LogP contribution in [-0.2, 0) is 12.8 Å². The lowest BCUT2D eigenvalue weighted by Crippen LogP contribution is -2.30. The van der Waals surface area contributed by atoms with E-state index >= 15 is 0 Å². The van der Waals surface area contributed by atoms with Gasteiger partial charge in [0.15, 0.2) is 0 Å². The predicted octanol–water partition coefficient (Wildman–Crippen LogP) is 2.01. The molecule has 0 spiro atoms. The molecule has 2 aliphatic rings. The summed E-state index contributed by atoms with van der Waals surface area (Å²) in [6.45, 7) is 3.85. The number of nitriles is 1. The Morgan fingerprint density at radius 2 is 2.25 bits per heavy atom. The third-order valence-electron chi connectivity index (χ3n) is 4.67. The van der Waals surface area contributed by atoms with Crippen molar-refractivity contribution in [2.45, 2.75) is 45.1 Å². The Balaban J connectivity index is 1.98. The summed E-state index contributed by atoms with van der Waals surface area (Å²) < 4.78 is 0. The Kier molecular flexibility index (Phi) is 3.62. The molecular formula is C16H22N4. The molecule has 4 heteroatoms. The van der Waals surface area contributed by atoms with E-state index in [1.165, 1.54) is 24.1 Å². The number of pyridine rings is 1. The van der Waals surface area contributed by atoms with Crippen LogP contribution in [0.4, 0.5) is 5.82 Å². The van der Waals surface area contributed by atoms with Gasteiger partial charge in [0.25, 0.3) is 0 Å². The molecule has 2 heterocycles. The standard InChI is InChI=1S/C16H22N4/c1-11-6-12(8-17)10-20(11)16-14(9-18)7-13-4-2-3-5-15(13)19-16/h7,11-12H,2-6,8,10,17H2,1H3. The summed E-state index contributed by atoms with van der Waals surface area (Å²) in [6, 6.07) is 4.83. The Bertz CT molecular complexity index is 546. The number of hydrogen-bond donors (Lipinski definition) is 1. The molecule has 3 rings (SSSR count). The van der Waals surface area contributed by atoms with Gasteiger partial charge >= 0.3 is 0 Å². The molecule has 2 atom stereocenters. The van der Waals surface area contributed by atoms with Crippen molar-refractivity contribution in [3.63, 3.8) is 0 Å². The minimum atomic E-state index is 0.421. The van der Waals surface area contributed by atoms with Crippen molar-refractivity contribution in [1.29, 1.82) is 5.26 Å². The highest BCUT2D eigenvalue weighted by molar-refractivity contribution is 5.57. The van der Waals surface area contributed by atoms with E-state index in [-0.39, 0.29) is 0 Å². The molecule has 2 unspecified atom stereocenters. The molecule has 0 saturated carbocycles. The summed E-state index contributed by atoms with van der Waals surface area (Å²) >= 11 is 0. The van der Waals surface area contributed by atoms with E-state index in [1.807, 2.05) is 0 Å². The minimum Gasteiger partial charge on any atom is -0.352 e. The summed E-state index contributed by atoms with van der Waals surface area (Å²) in [7, 11) is 0. The van der Waals surface area contributed by atoms with Crippen LogP contribution in [0.15, 0.2) is 6.07 Å². The topological polar surface area (TPSA) is 65.9 Å². The first kappa shape index (κ1) is 13.4. The molecule has 20 heavy (non-hydrogen) atoms. The molecule has 1 aliphatic carbocycles. The third kappa shape index (κ3) is 2.27. The predicted molar refractivity (Wildman–Crippen MR) is 79.6 cm³/mol. The van der Waals surface area contributed by atoms with Gasteiger partial charge < -0.3 is 10.6 Å². The van der Waals surface area contributed by atoms with Gasteiger partial charge in [-0.15, -0.1) is 0 Å². The van der Waals surface area contributed by atoms with E-state index in [0.29, 0.717) is 18.5 Å². The number of rotatable bonds is 2. The lowest BCUT2D eigenvalue weighted by Gasteiger charge is -2.26. The fraction of sp³-hybridized carbons (Fsp3) is 0.625. The van der Waals surface area contributed by atoms with E-state index in [4.69, 9.17) is 10.7 Å². The number of aryl methyl sites for hydroxylation is 2. The quantitative estimate of drug-likeness (QED) is 0.892. The second-order valence-electron chi connectivity index (χ2n) is 6.12. The van der Waals surface area contributed by atoms with Crippen molar-refractivity contribution in [2.75, 3.05) is 18.0 Å². The van der Waals surface area contributed by atoms with E-state index in [0.717, 1.165) is 37.2 Å². The second-order valence-corrected chi connectivity index (χ2v) is 6.12. The normalized spacial score (nSPS) is 25.4. The van der Waals surface area contributed by atoms with Crippen molar-refractivity contribution in [1.82, 2.24) is 4.98 Å². The van der Waals surface area contributed by atoms with Crippen molar-refractivity contribution < 1.29 is 0 Å². The maximum Gasteiger partial charge on any atom is 0.147 e. The maximum absolute atomic E-state index is 9.45. The molecule has 0 aromatic carbocycles. The number of aromatic nitrogens is 1. The average molecular weight is 270 g/mol. The summed E-state index contributed by atoms with van der Waals surface area (Å²) in [5.74, 6) is 1.41. The van der Waals surface area contributed by atoms with Crippen molar-refractivity contribution in [3.8, 4) is 6.07 Å². The van der Waals surface area contributed by atoms with Gasteiger partial charge in [-0.05, 0) is 63.1 Å². The molecule has 4 nitrogen and oxygen atoms in total. The Hall–Kier alpha value is -1.60. The molecular weight excluding hydrogens is 248 g/mol. The van der Waals surface area contributed by atoms with E-state index < -0.39 is 0 Å². The van der Waals surface area contributed by atoms with Crippen LogP contribution in [-0.4, -0.2) is 24.1 Å². The van der Waals surface area contributed by atoms with Gasteiger partial charge in [-0.2, -0.15) is 5.26 Å². The highest BCUT2D eigenvalue weighted by Crippen LogP contribution is 2.32.